The zero-order chi connectivity index (χ0) is 14.9. The van der Waals surface area contributed by atoms with Crippen LogP contribution in [0.1, 0.15) is 10.6 Å². The lowest BCUT2D eigenvalue weighted by Crippen LogP contribution is -1.96. The Balaban J connectivity index is 2.41. The lowest BCUT2D eigenvalue weighted by molar-refractivity contribution is -0.390. The Labute approximate surface area is 114 Å². The molecular formula is C11H5F2NO5S. The summed E-state index contributed by atoms with van der Waals surface area (Å²) in [5.41, 5.74) is -0.898. The van der Waals surface area contributed by atoms with Crippen molar-refractivity contribution in [1.29, 1.82) is 0 Å². The molecule has 0 aliphatic heterocycles. The molecule has 20 heavy (non-hydrogen) atoms. The fourth-order valence-electron chi connectivity index (χ4n) is 1.40. The molecule has 0 fully saturated rings. The maximum Gasteiger partial charge on any atom is 0.371 e. The van der Waals surface area contributed by atoms with Crippen molar-refractivity contribution in [2.45, 2.75) is 9.99 Å². The number of halogens is 2. The van der Waals surface area contributed by atoms with Crippen LogP contribution >= 0.6 is 11.8 Å². The molecule has 0 radical (unpaired) electrons. The predicted molar refractivity (Wildman–Crippen MR) is 62.8 cm³/mol. The predicted octanol–water partition coefficient (Wildman–Crippen LogP) is 3.32. The molecule has 0 bridgehead atoms. The molecule has 0 spiro atoms. The van der Waals surface area contributed by atoms with Gasteiger partial charge in [0.1, 0.15) is 5.82 Å². The average molecular weight is 301 g/mol. The zero-order valence-corrected chi connectivity index (χ0v) is 10.3. The van der Waals surface area contributed by atoms with Crippen LogP contribution in [0.4, 0.5) is 14.5 Å². The van der Waals surface area contributed by atoms with Crippen LogP contribution in [0.3, 0.4) is 0 Å². The van der Waals surface area contributed by atoms with E-state index in [4.69, 9.17) is 9.52 Å². The smallest absolute Gasteiger partial charge is 0.371 e. The van der Waals surface area contributed by atoms with E-state index in [1.807, 2.05) is 0 Å². The van der Waals surface area contributed by atoms with Gasteiger partial charge in [0.2, 0.25) is 11.6 Å². The fraction of sp³-hybridized carbons (Fsp3) is 0. The van der Waals surface area contributed by atoms with E-state index >= 15 is 0 Å². The number of carboxylic acid groups (broad SMARTS) is 1. The summed E-state index contributed by atoms with van der Waals surface area (Å²) in [6, 6.07) is 3.54. The molecule has 2 rings (SSSR count). The minimum absolute atomic E-state index is 0.0319. The van der Waals surface area contributed by atoms with Gasteiger partial charge in [0, 0.05) is 6.07 Å². The molecule has 1 aromatic carbocycles. The Morgan fingerprint density at radius 1 is 1.35 bits per heavy atom. The molecule has 0 saturated heterocycles. The number of nitro groups is 1. The Hall–Kier alpha value is -2.42. The van der Waals surface area contributed by atoms with Crippen molar-refractivity contribution in [3.05, 3.63) is 51.8 Å². The number of aromatic carboxylic acids is 1. The molecular weight excluding hydrogens is 296 g/mol. The molecule has 6 nitrogen and oxygen atoms in total. The molecule has 0 atom stereocenters. The van der Waals surface area contributed by atoms with Crippen molar-refractivity contribution in [2.24, 2.45) is 0 Å². The topological polar surface area (TPSA) is 93.6 Å². The second-order valence-corrected chi connectivity index (χ2v) is 4.56. The van der Waals surface area contributed by atoms with Gasteiger partial charge >= 0.3 is 11.7 Å². The van der Waals surface area contributed by atoms with E-state index in [-0.39, 0.29) is 15.7 Å². The SMILES string of the molecule is O=C(O)c1ccc(Sc2cc(F)cc(F)c2[N+](=O)[O-])o1. The van der Waals surface area contributed by atoms with Crippen LogP contribution in [0.15, 0.2) is 38.7 Å². The van der Waals surface area contributed by atoms with Gasteiger partial charge in [-0.1, -0.05) is 0 Å². The standard InChI is InChI=1S/C11H5F2NO5S/c12-5-3-6(13)10(14(17)18)8(4-5)20-9-2-1-7(19-9)11(15)16/h1-4H,(H,15,16). The largest absolute Gasteiger partial charge is 0.475 e. The van der Waals surface area contributed by atoms with Crippen LogP contribution in [0.25, 0.3) is 0 Å². The van der Waals surface area contributed by atoms with E-state index in [1.165, 1.54) is 6.07 Å². The zero-order valence-electron chi connectivity index (χ0n) is 9.50. The minimum atomic E-state index is -1.32. The molecule has 0 aliphatic rings. The number of benzene rings is 1. The Morgan fingerprint density at radius 2 is 2.05 bits per heavy atom. The Bertz CT molecular complexity index is 700. The molecule has 0 unspecified atom stereocenters. The summed E-state index contributed by atoms with van der Waals surface area (Å²) in [6.45, 7) is 0. The Morgan fingerprint density at radius 3 is 2.60 bits per heavy atom. The number of furan rings is 1. The molecule has 0 aliphatic carbocycles. The maximum atomic E-state index is 13.4. The molecule has 0 amide bonds. The van der Waals surface area contributed by atoms with Gasteiger partial charge in [-0.3, -0.25) is 10.1 Å². The molecule has 1 aromatic heterocycles. The number of hydrogen-bond acceptors (Lipinski definition) is 5. The number of hydrogen-bond donors (Lipinski definition) is 1. The average Bonchev–Trinajstić information content (AvgIpc) is 2.75. The summed E-state index contributed by atoms with van der Waals surface area (Å²) < 4.78 is 31.3. The highest BCUT2D eigenvalue weighted by Crippen LogP contribution is 2.37. The molecule has 1 N–H and O–H groups in total. The number of nitrogens with zero attached hydrogens (tertiary/aromatic N) is 1. The number of rotatable bonds is 4. The number of carbonyl (C=O) groups is 1. The van der Waals surface area contributed by atoms with Gasteiger partial charge in [0.15, 0.2) is 5.09 Å². The van der Waals surface area contributed by atoms with Gasteiger partial charge in [0.05, 0.1) is 9.82 Å². The molecule has 9 heteroatoms. The van der Waals surface area contributed by atoms with Crippen LogP contribution in [0.5, 0.6) is 0 Å². The third-order valence-electron chi connectivity index (χ3n) is 2.18. The Kier molecular flexibility index (Phi) is 3.70. The van der Waals surface area contributed by atoms with E-state index in [0.717, 1.165) is 12.1 Å². The van der Waals surface area contributed by atoms with Gasteiger partial charge < -0.3 is 9.52 Å². The molecule has 0 saturated carbocycles. The summed E-state index contributed by atoms with van der Waals surface area (Å²) in [5.74, 6) is -4.01. The van der Waals surface area contributed by atoms with Crippen molar-refractivity contribution in [3.8, 4) is 0 Å². The first-order chi connectivity index (χ1) is 9.38. The summed E-state index contributed by atoms with van der Waals surface area (Å²) in [5, 5.41) is 19.4. The highest BCUT2D eigenvalue weighted by molar-refractivity contribution is 7.99. The van der Waals surface area contributed by atoms with Crippen molar-refractivity contribution >= 4 is 23.4 Å². The number of nitro benzene ring substituents is 1. The maximum absolute atomic E-state index is 13.4. The second kappa shape index (κ2) is 5.29. The highest BCUT2D eigenvalue weighted by atomic mass is 32.2. The first kappa shape index (κ1) is 14.0. The van der Waals surface area contributed by atoms with Crippen LogP contribution in [0, 0.1) is 21.7 Å². The lowest BCUT2D eigenvalue weighted by Gasteiger charge is -2.02. The summed E-state index contributed by atoms with van der Waals surface area (Å²) in [6.07, 6.45) is 0. The normalized spacial score (nSPS) is 10.5. The van der Waals surface area contributed by atoms with Crippen LogP contribution in [0.2, 0.25) is 0 Å². The monoisotopic (exact) mass is 301 g/mol. The first-order valence-corrected chi connectivity index (χ1v) is 5.84. The van der Waals surface area contributed by atoms with E-state index < -0.39 is 28.2 Å². The van der Waals surface area contributed by atoms with Crippen molar-refractivity contribution < 1.29 is 28.0 Å². The van der Waals surface area contributed by atoms with Gasteiger partial charge in [-0.2, -0.15) is 4.39 Å². The van der Waals surface area contributed by atoms with Gasteiger partial charge in [-0.25, -0.2) is 9.18 Å². The quantitative estimate of drug-likeness (QED) is 0.687. The van der Waals surface area contributed by atoms with E-state index in [9.17, 15) is 23.7 Å². The van der Waals surface area contributed by atoms with Crippen LogP contribution in [-0.4, -0.2) is 16.0 Å². The van der Waals surface area contributed by atoms with E-state index in [2.05, 4.69) is 0 Å². The minimum Gasteiger partial charge on any atom is -0.475 e. The van der Waals surface area contributed by atoms with Crippen LogP contribution in [-0.2, 0) is 0 Å². The third-order valence-corrected chi connectivity index (χ3v) is 3.13. The molecule has 2 aromatic rings. The van der Waals surface area contributed by atoms with Gasteiger partial charge in [-0.15, -0.1) is 0 Å². The summed E-state index contributed by atoms with van der Waals surface area (Å²) >= 11 is 0.557. The van der Waals surface area contributed by atoms with Crippen LogP contribution < -0.4 is 0 Å². The lowest BCUT2D eigenvalue weighted by atomic mass is 10.3. The number of carboxylic acids is 1. The first-order valence-electron chi connectivity index (χ1n) is 5.03. The van der Waals surface area contributed by atoms with Crippen molar-refractivity contribution in [3.63, 3.8) is 0 Å². The van der Waals surface area contributed by atoms with Crippen molar-refractivity contribution in [1.82, 2.24) is 0 Å². The molecule has 104 valence electrons. The third kappa shape index (κ3) is 2.77. The summed E-state index contributed by atoms with van der Waals surface area (Å²) in [4.78, 5) is 20.1. The van der Waals surface area contributed by atoms with Gasteiger partial charge in [0.25, 0.3) is 0 Å². The second-order valence-electron chi connectivity index (χ2n) is 3.52. The van der Waals surface area contributed by atoms with Gasteiger partial charge in [-0.05, 0) is 30.0 Å². The molecule has 1 heterocycles. The highest BCUT2D eigenvalue weighted by Gasteiger charge is 2.24. The van der Waals surface area contributed by atoms with E-state index in [1.54, 1.807) is 0 Å². The van der Waals surface area contributed by atoms with Crippen molar-refractivity contribution in [2.75, 3.05) is 0 Å². The van der Waals surface area contributed by atoms with E-state index in [0.29, 0.717) is 17.8 Å². The summed E-state index contributed by atoms with van der Waals surface area (Å²) in [7, 11) is 0. The fourth-order valence-corrected chi connectivity index (χ4v) is 2.32.